The lowest BCUT2D eigenvalue weighted by Gasteiger charge is -2.22. The molecule has 2 aliphatic rings. The smallest absolute Gasteiger partial charge is 0.164 e. The van der Waals surface area contributed by atoms with Crippen molar-refractivity contribution in [3.63, 3.8) is 0 Å². The lowest BCUT2D eigenvalue weighted by atomic mass is 10.1. The number of hydrogen-bond donors (Lipinski definition) is 0. The van der Waals surface area contributed by atoms with Crippen LogP contribution in [0.5, 0.6) is 0 Å². The minimum absolute atomic E-state index is 0.177. The molecule has 0 amide bonds. The minimum Gasteiger partial charge on any atom is -0.342 e. The Morgan fingerprint density at radius 1 is 1.35 bits per heavy atom. The van der Waals surface area contributed by atoms with Gasteiger partial charge in [0.2, 0.25) is 0 Å². The fourth-order valence-electron chi connectivity index (χ4n) is 3.48. The van der Waals surface area contributed by atoms with Crippen LogP contribution in [0.3, 0.4) is 0 Å². The molecule has 0 spiro atoms. The summed E-state index contributed by atoms with van der Waals surface area (Å²) >= 11 is 6.20. The number of nitrogens with zero attached hydrogens (tertiary/aromatic N) is 3. The van der Waals surface area contributed by atoms with Crippen molar-refractivity contribution in [3.8, 4) is 0 Å². The zero-order chi connectivity index (χ0) is 16.4. The van der Waals surface area contributed by atoms with Gasteiger partial charge in [-0.2, -0.15) is 0 Å². The number of hydrogen-bond acceptors (Lipinski definition) is 5. The molecule has 6 nitrogen and oxygen atoms in total. The van der Waals surface area contributed by atoms with E-state index in [4.69, 9.17) is 21.1 Å². The van der Waals surface area contributed by atoms with Crippen LogP contribution in [-0.2, 0) is 14.3 Å². The van der Waals surface area contributed by atoms with E-state index >= 15 is 0 Å². The van der Waals surface area contributed by atoms with Gasteiger partial charge in [-0.05, 0) is 32.4 Å². The van der Waals surface area contributed by atoms with Crippen molar-refractivity contribution in [2.75, 3.05) is 0 Å². The second-order valence-corrected chi connectivity index (χ2v) is 6.74. The lowest BCUT2D eigenvalue weighted by molar-refractivity contribution is -0.148. The van der Waals surface area contributed by atoms with E-state index in [1.54, 1.807) is 0 Å². The van der Waals surface area contributed by atoms with Gasteiger partial charge >= 0.3 is 0 Å². The van der Waals surface area contributed by atoms with Gasteiger partial charge in [-0.1, -0.05) is 11.6 Å². The van der Waals surface area contributed by atoms with Crippen molar-refractivity contribution in [1.82, 2.24) is 14.5 Å². The predicted octanol–water partition coefficient (Wildman–Crippen LogP) is 2.59. The number of ether oxygens (including phenoxy) is 2. The summed E-state index contributed by atoms with van der Waals surface area (Å²) in [6, 6.07) is -0.177. The van der Waals surface area contributed by atoms with E-state index in [2.05, 4.69) is 9.97 Å². The molecule has 120 valence electrons. The second-order valence-electron chi connectivity index (χ2n) is 6.38. The molecule has 4 rings (SSSR count). The van der Waals surface area contributed by atoms with Crippen LogP contribution in [0.4, 0.5) is 0 Å². The van der Waals surface area contributed by atoms with Gasteiger partial charge < -0.3 is 14.0 Å². The number of carbonyl (C=O) groups excluding carboxylic acids is 1. The number of halogens is 1. The normalized spacial score (nSPS) is 28.9. The first kappa shape index (κ1) is 14.8. The fraction of sp³-hybridized carbons (Fsp3) is 0.438. The standard InChI is InChI=1S/C16H16ClN3O3/c1-8-5-20(15-11(8)14(17)18-7-19-15)10-4-9(6-21)12-13(10)23-16(2,3)22-12/h4-7,10,12-13H,1-3H3/t10-,12-,13+/m1/s1. The van der Waals surface area contributed by atoms with Crippen molar-refractivity contribution in [2.24, 2.45) is 0 Å². The van der Waals surface area contributed by atoms with Crippen LogP contribution < -0.4 is 0 Å². The molecule has 1 aliphatic heterocycles. The predicted molar refractivity (Wildman–Crippen MR) is 84.3 cm³/mol. The molecule has 0 saturated carbocycles. The van der Waals surface area contributed by atoms with Crippen LogP contribution >= 0.6 is 11.6 Å². The molecule has 0 unspecified atom stereocenters. The Hall–Kier alpha value is -1.76. The minimum atomic E-state index is -0.721. The number of aldehydes is 1. The Labute approximate surface area is 138 Å². The van der Waals surface area contributed by atoms with Gasteiger partial charge in [-0.3, -0.25) is 4.79 Å². The quantitative estimate of drug-likeness (QED) is 0.624. The molecular weight excluding hydrogens is 318 g/mol. The third kappa shape index (κ3) is 2.13. The zero-order valence-corrected chi connectivity index (χ0v) is 13.7. The third-order valence-corrected chi connectivity index (χ3v) is 4.65. The molecule has 0 bridgehead atoms. The average molecular weight is 334 g/mol. The van der Waals surface area contributed by atoms with Crippen LogP contribution in [0.15, 0.2) is 24.2 Å². The molecule has 1 fully saturated rings. The highest BCUT2D eigenvalue weighted by Gasteiger charge is 2.50. The SMILES string of the molecule is Cc1cn([C@@H]2C=C(C=O)[C@H]3OC(C)(C)O[C@H]32)c2ncnc(Cl)c12. The number of aryl methyl sites for hydroxylation is 1. The fourth-order valence-corrected chi connectivity index (χ4v) is 3.76. The topological polar surface area (TPSA) is 66.2 Å². The summed E-state index contributed by atoms with van der Waals surface area (Å²) in [6.45, 7) is 5.66. The number of carbonyl (C=O) groups is 1. The molecule has 1 aliphatic carbocycles. The van der Waals surface area contributed by atoms with Gasteiger partial charge in [0.15, 0.2) is 5.79 Å². The summed E-state index contributed by atoms with van der Waals surface area (Å²) in [5.74, 6) is -0.721. The molecule has 7 heteroatoms. The lowest BCUT2D eigenvalue weighted by Crippen LogP contribution is -2.28. The zero-order valence-electron chi connectivity index (χ0n) is 13.0. The molecule has 3 atom stereocenters. The van der Waals surface area contributed by atoms with E-state index in [1.807, 2.05) is 37.6 Å². The Bertz CT molecular complexity index is 842. The van der Waals surface area contributed by atoms with Gasteiger partial charge in [-0.15, -0.1) is 0 Å². The Kier molecular flexibility index (Phi) is 3.13. The van der Waals surface area contributed by atoms with E-state index in [0.717, 1.165) is 22.9 Å². The summed E-state index contributed by atoms with van der Waals surface area (Å²) < 4.78 is 13.9. The largest absolute Gasteiger partial charge is 0.342 e. The van der Waals surface area contributed by atoms with E-state index in [9.17, 15) is 4.79 Å². The van der Waals surface area contributed by atoms with Crippen molar-refractivity contribution < 1.29 is 14.3 Å². The maximum atomic E-state index is 11.4. The maximum absolute atomic E-state index is 11.4. The van der Waals surface area contributed by atoms with Crippen LogP contribution in [0.2, 0.25) is 5.15 Å². The van der Waals surface area contributed by atoms with Gasteiger partial charge in [0, 0.05) is 11.8 Å². The summed E-state index contributed by atoms with van der Waals surface area (Å²) in [5, 5.41) is 1.24. The molecule has 2 aromatic rings. The van der Waals surface area contributed by atoms with Gasteiger partial charge in [-0.25, -0.2) is 9.97 Å². The third-order valence-electron chi connectivity index (χ3n) is 4.37. The maximum Gasteiger partial charge on any atom is 0.164 e. The monoisotopic (exact) mass is 333 g/mol. The van der Waals surface area contributed by atoms with Crippen molar-refractivity contribution in [2.45, 2.75) is 44.8 Å². The Morgan fingerprint density at radius 2 is 2.13 bits per heavy atom. The van der Waals surface area contributed by atoms with Gasteiger partial charge in [0.25, 0.3) is 0 Å². The van der Waals surface area contributed by atoms with Crippen molar-refractivity contribution in [1.29, 1.82) is 0 Å². The molecule has 23 heavy (non-hydrogen) atoms. The molecular formula is C16H16ClN3O3. The second kappa shape index (κ2) is 4.87. The summed E-state index contributed by atoms with van der Waals surface area (Å²) in [6.07, 6.45) is 5.49. The molecule has 0 N–H and O–H groups in total. The molecule has 2 aromatic heterocycles. The average Bonchev–Trinajstić information content (AvgIpc) is 3.08. The summed E-state index contributed by atoms with van der Waals surface area (Å²) in [5.41, 5.74) is 2.31. The van der Waals surface area contributed by atoms with Gasteiger partial charge in [0.05, 0.1) is 11.4 Å². The number of fused-ring (bicyclic) bond motifs is 2. The van der Waals surface area contributed by atoms with Crippen LogP contribution in [0.25, 0.3) is 11.0 Å². The van der Waals surface area contributed by atoms with E-state index in [-0.39, 0.29) is 18.2 Å². The Morgan fingerprint density at radius 3 is 2.87 bits per heavy atom. The highest BCUT2D eigenvalue weighted by atomic mass is 35.5. The van der Waals surface area contributed by atoms with Crippen LogP contribution in [-0.4, -0.2) is 38.8 Å². The Balaban J connectivity index is 1.87. The molecule has 0 aromatic carbocycles. The van der Waals surface area contributed by atoms with E-state index in [1.165, 1.54) is 6.33 Å². The van der Waals surface area contributed by atoms with Gasteiger partial charge in [0.1, 0.15) is 35.6 Å². The number of aromatic nitrogens is 3. The van der Waals surface area contributed by atoms with E-state index in [0.29, 0.717) is 10.7 Å². The molecule has 0 radical (unpaired) electrons. The summed E-state index contributed by atoms with van der Waals surface area (Å²) in [7, 11) is 0. The van der Waals surface area contributed by atoms with Crippen LogP contribution in [0.1, 0.15) is 25.5 Å². The van der Waals surface area contributed by atoms with E-state index < -0.39 is 5.79 Å². The first-order chi connectivity index (χ1) is 10.9. The highest BCUT2D eigenvalue weighted by molar-refractivity contribution is 6.34. The van der Waals surface area contributed by atoms with Crippen LogP contribution in [0, 0.1) is 6.92 Å². The van der Waals surface area contributed by atoms with Crippen molar-refractivity contribution in [3.05, 3.63) is 34.9 Å². The number of rotatable bonds is 2. The first-order valence-electron chi connectivity index (χ1n) is 7.41. The highest BCUT2D eigenvalue weighted by Crippen LogP contribution is 2.44. The van der Waals surface area contributed by atoms with Crippen molar-refractivity contribution >= 4 is 28.9 Å². The first-order valence-corrected chi connectivity index (χ1v) is 7.79. The molecule has 1 saturated heterocycles. The molecule has 3 heterocycles. The summed E-state index contributed by atoms with van der Waals surface area (Å²) in [4.78, 5) is 19.8.